The molecule has 0 amide bonds. The van der Waals surface area contributed by atoms with Crippen molar-refractivity contribution >= 4 is 22.7 Å². The van der Waals surface area contributed by atoms with Crippen LogP contribution in [0.4, 0.5) is 0 Å². The molecule has 1 heterocycles. The molecule has 5 rings (SSSR count). The fraction of sp³-hybridized carbons (Fsp3) is 0.200. The second kappa shape index (κ2) is 8.79. The molecule has 4 heteroatoms. The molecular weight excluding hydrogens is 564 g/mol. The summed E-state index contributed by atoms with van der Waals surface area (Å²) in [5.74, 6) is 0. The number of allylic oxidation sites excluding steroid dienone is 5. The molecule has 2 aliphatic rings. The van der Waals surface area contributed by atoms with Crippen LogP contribution in [-0.4, -0.2) is 4.57 Å². The van der Waals surface area contributed by atoms with Crippen LogP contribution in [0.15, 0.2) is 80.8 Å². The largest absolute Gasteiger partial charge is 1.00 e. The Bertz CT molecular complexity index is 1170. The average Bonchev–Trinajstić information content (AvgIpc) is 3.33. The van der Waals surface area contributed by atoms with Crippen LogP contribution < -0.4 is 24.8 Å². The molecule has 0 radical (unpaired) electrons. The van der Waals surface area contributed by atoms with Crippen LogP contribution in [0.1, 0.15) is 42.0 Å². The third-order valence-electron chi connectivity index (χ3n) is 6.20. The summed E-state index contributed by atoms with van der Waals surface area (Å²) >= 11 is -1.06. The summed E-state index contributed by atoms with van der Waals surface area (Å²) in [7, 11) is 0. The molecule has 146 valence electrons. The van der Waals surface area contributed by atoms with Crippen LogP contribution in [0, 0.1) is 0 Å². The molecule has 1 atom stereocenters. The van der Waals surface area contributed by atoms with E-state index < -0.39 is 22.9 Å². The predicted octanol–water partition coefficient (Wildman–Crippen LogP) is 0.799. The maximum absolute atomic E-state index is 2.45. The zero-order chi connectivity index (χ0) is 18.5. The number of benzene rings is 2. The van der Waals surface area contributed by atoms with E-state index in [9.17, 15) is 0 Å². The van der Waals surface area contributed by atoms with Crippen LogP contribution in [0.25, 0.3) is 22.7 Å². The van der Waals surface area contributed by atoms with Crippen molar-refractivity contribution in [3.05, 3.63) is 92.0 Å². The number of para-hydroxylation sites is 1. The van der Waals surface area contributed by atoms with Crippen molar-refractivity contribution in [2.45, 2.75) is 30.9 Å². The van der Waals surface area contributed by atoms with E-state index >= 15 is 0 Å². The molecule has 2 aromatic carbocycles. The summed E-state index contributed by atoms with van der Waals surface area (Å²) < 4.78 is 4.86. The Hall–Kier alpha value is -1.35. The van der Waals surface area contributed by atoms with E-state index in [2.05, 4.69) is 92.2 Å². The third-order valence-corrected chi connectivity index (χ3v) is 12.7. The van der Waals surface area contributed by atoms with Crippen LogP contribution in [0.2, 0.25) is 0 Å². The Morgan fingerprint density at radius 2 is 1.59 bits per heavy atom. The van der Waals surface area contributed by atoms with Gasteiger partial charge in [0.15, 0.2) is 0 Å². The van der Waals surface area contributed by atoms with Gasteiger partial charge in [0, 0.05) is 0 Å². The van der Waals surface area contributed by atoms with Crippen molar-refractivity contribution in [2.24, 2.45) is 0 Å². The Labute approximate surface area is 196 Å². The van der Waals surface area contributed by atoms with Crippen molar-refractivity contribution in [3.63, 3.8) is 0 Å². The second-order valence-corrected chi connectivity index (χ2v) is 13.0. The molecule has 1 unspecified atom stereocenters. The number of rotatable bonds is 3. The standard InChI is InChI=1S/C17H12N.C8H11.2ClH.Hf/c1-2-7-15-12-16(11-14(15)6-1)18-10-9-13-5-3-4-8-17(13)18;1-6-4-5-7(2)8(6)3;;;/h1-12H;4H2,1-3H3;2*1H;/q;;;;+2/p-2. The van der Waals surface area contributed by atoms with E-state index in [1.807, 2.05) is 0 Å². The molecule has 29 heavy (non-hydrogen) atoms. The van der Waals surface area contributed by atoms with Gasteiger partial charge in [0.1, 0.15) is 0 Å². The number of hydrogen-bond donors (Lipinski definition) is 0. The van der Waals surface area contributed by atoms with Gasteiger partial charge in [0.05, 0.1) is 0 Å². The van der Waals surface area contributed by atoms with Crippen molar-refractivity contribution < 1.29 is 47.7 Å². The molecule has 0 fully saturated rings. The SMILES string of the molecule is CC1=C(C)C(C)=[C]([Hf+2][CH]2C(n3ccc4ccccc43)=Cc3ccccc32)C1.[Cl-].[Cl-]. The van der Waals surface area contributed by atoms with Gasteiger partial charge in [-0.25, -0.2) is 0 Å². The number of hydrogen-bond acceptors (Lipinski definition) is 0. The molecular formula is C25H23Cl2HfN. The van der Waals surface area contributed by atoms with Gasteiger partial charge in [0.2, 0.25) is 0 Å². The predicted molar refractivity (Wildman–Crippen MR) is 111 cm³/mol. The van der Waals surface area contributed by atoms with Gasteiger partial charge < -0.3 is 24.8 Å². The van der Waals surface area contributed by atoms with E-state index in [4.69, 9.17) is 0 Å². The Balaban J connectivity index is 0.00000120. The normalized spacial score (nSPS) is 17.6. The maximum Gasteiger partial charge on any atom is -1.00 e. The Morgan fingerprint density at radius 3 is 2.34 bits per heavy atom. The molecule has 2 aliphatic carbocycles. The second-order valence-electron chi connectivity index (χ2n) is 7.71. The monoisotopic (exact) mass is 587 g/mol. The first-order chi connectivity index (χ1) is 13.1. The minimum atomic E-state index is -1.06. The van der Waals surface area contributed by atoms with Crippen molar-refractivity contribution in [1.82, 2.24) is 4.57 Å². The quantitative estimate of drug-likeness (QED) is 0.401. The van der Waals surface area contributed by atoms with Gasteiger partial charge in [0.25, 0.3) is 0 Å². The zero-order valence-electron chi connectivity index (χ0n) is 16.8. The van der Waals surface area contributed by atoms with Crippen LogP contribution >= 0.6 is 0 Å². The number of fused-ring (bicyclic) bond motifs is 2. The van der Waals surface area contributed by atoms with Gasteiger partial charge in [-0.1, -0.05) is 0 Å². The van der Waals surface area contributed by atoms with Crippen molar-refractivity contribution in [2.75, 3.05) is 0 Å². The summed E-state index contributed by atoms with van der Waals surface area (Å²) in [4.78, 5) is 0. The Morgan fingerprint density at radius 1 is 0.862 bits per heavy atom. The number of nitrogens with zero attached hydrogens (tertiary/aromatic N) is 1. The van der Waals surface area contributed by atoms with Crippen LogP contribution in [0.3, 0.4) is 0 Å². The van der Waals surface area contributed by atoms with Crippen LogP contribution in [-0.2, 0) is 22.9 Å². The smallest absolute Gasteiger partial charge is 1.00 e. The molecule has 0 aliphatic heterocycles. The first kappa shape index (κ1) is 22.3. The van der Waals surface area contributed by atoms with Gasteiger partial charge >= 0.3 is 173 Å². The van der Waals surface area contributed by atoms with E-state index in [1.165, 1.54) is 28.6 Å². The average molecular weight is 587 g/mol. The van der Waals surface area contributed by atoms with Crippen molar-refractivity contribution in [1.29, 1.82) is 0 Å². The van der Waals surface area contributed by atoms with Gasteiger partial charge in [-0.2, -0.15) is 0 Å². The fourth-order valence-corrected chi connectivity index (χ4v) is 11.2. The number of halogens is 2. The van der Waals surface area contributed by atoms with Gasteiger partial charge in [-0.3, -0.25) is 0 Å². The summed E-state index contributed by atoms with van der Waals surface area (Å²) in [5, 5.41) is 1.33. The topological polar surface area (TPSA) is 4.93 Å². The summed E-state index contributed by atoms with van der Waals surface area (Å²) in [5.41, 5.74) is 10.5. The van der Waals surface area contributed by atoms with Gasteiger partial charge in [-0.05, 0) is 0 Å². The van der Waals surface area contributed by atoms with Crippen molar-refractivity contribution in [3.8, 4) is 0 Å². The molecule has 0 saturated heterocycles. The number of aromatic nitrogens is 1. The van der Waals surface area contributed by atoms with Gasteiger partial charge in [-0.15, -0.1) is 0 Å². The molecule has 0 spiro atoms. The first-order valence-electron chi connectivity index (χ1n) is 9.63. The minimum absolute atomic E-state index is 0. The molecule has 1 aromatic heterocycles. The van der Waals surface area contributed by atoms with Crippen LogP contribution in [0.5, 0.6) is 0 Å². The molecule has 0 bridgehead atoms. The fourth-order valence-electron chi connectivity index (χ4n) is 4.39. The summed E-state index contributed by atoms with van der Waals surface area (Å²) in [6.07, 6.45) is 5.93. The third kappa shape index (κ3) is 3.76. The zero-order valence-corrected chi connectivity index (χ0v) is 21.9. The van der Waals surface area contributed by atoms with E-state index in [-0.39, 0.29) is 24.8 Å². The molecule has 0 saturated carbocycles. The molecule has 3 aromatic rings. The molecule has 1 nitrogen and oxygen atoms in total. The Kier molecular flexibility index (Phi) is 6.77. The van der Waals surface area contributed by atoms with E-state index in [0.717, 1.165) is 0 Å². The summed E-state index contributed by atoms with van der Waals surface area (Å²) in [6, 6.07) is 20.0. The minimum Gasteiger partial charge on any atom is -1.00 e. The van der Waals surface area contributed by atoms with E-state index in [1.54, 1.807) is 25.6 Å². The first-order valence-corrected chi connectivity index (χ1v) is 13.5. The van der Waals surface area contributed by atoms with E-state index in [0.29, 0.717) is 3.67 Å². The molecule has 0 N–H and O–H groups in total. The summed E-state index contributed by atoms with van der Waals surface area (Å²) in [6.45, 7) is 6.97. The maximum atomic E-state index is 2.45.